The molecule has 0 radical (unpaired) electrons. The van der Waals surface area contributed by atoms with Gasteiger partial charge in [-0.05, 0) is 234 Å². The van der Waals surface area contributed by atoms with Crippen molar-refractivity contribution in [3.8, 4) is 89.0 Å². The minimum absolute atomic E-state index is 0. The molecule has 0 aliphatic rings. The van der Waals surface area contributed by atoms with Gasteiger partial charge in [-0.25, -0.2) is 22.1 Å². The average molecular weight is 1910 g/mol. The lowest BCUT2D eigenvalue weighted by Crippen LogP contribution is -2.10. The van der Waals surface area contributed by atoms with Gasteiger partial charge in [0.15, 0.2) is 0 Å². The van der Waals surface area contributed by atoms with Crippen molar-refractivity contribution in [1.82, 2.24) is 83.5 Å². The summed E-state index contributed by atoms with van der Waals surface area (Å²) in [6.07, 6.45) is 24.1. The number of ether oxygens (including phenoxy) is 1. The highest BCUT2D eigenvalue weighted by Gasteiger charge is 2.28. The largest absolute Gasteiger partial charge is 0.453 e. The molecular weight excluding hydrogens is 1810 g/mol. The fourth-order valence-electron chi connectivity index (χ4n) is 17.6. The van der Waals surface area contributed by atoms with Crippen LogP contribution in [0.2, 0.25) is 0 Å². The number of carbonyl (C=O) groups is 2. The van der Waals surface area contributed by atoms with E-state index in [4.69, 9.17) is 38.0 Å². The zero-order valence-corrected chi connectivity index (χ0v) is 81.6. The fraction of sp³-hybridized carbons (Fsp3) is 0.196. The van der Waals surface area contributed by atoms with Crippen molar-refractivity contribution in [2.45, 2.75) is 125 Å². The smallest absolute Gasteiger partial charge is 0.411 e. The van der Waals surface area contributed by atoms with Crippen molar-refractivity contribution in [3.05, 3.63) is 337 Å². The van der Waals surface area contributed by atoms with Gasteiger partial charge in [0.2, 0.25) is 15.9 Å². The molecule has 140 heavy (non-hydrogen) atoms. The van der Waals surface area contributed by atoms with Crippen molar-refractivity contribution < 1.29 is 50.5 Å². The second-order valence-electron chi connectivity index (χ2n) is 33.8. The summed E-state index contributed by atoms with van der Waals surface area (Å²) < 4.78 is 76.3. The molecule has 0 spiro atoms. The summed E-state index contributed by atoms with van der Waals surface area (Å²) in [4.78, 5) is 61.8. The van der Waals surface area contributed by atoms with Crippen molar-refractivity contribution in [3.63, 3.8) is 0 Å². The summed E-state index contributed by atoms with van der Waals surface area (Å²) in [5.41, 5.74) is 31.6. The summed E-state index contributed by atoms with van der Waals surface area (Å²) in [5.74, 6) is 3.02. The van der Waals surface area contributed by atoms with E-state index in [1.807, 2.05) is 269 Å². The highest BCUT2D eigenvalue weighted by Crippen LogP contribution is 2.44. The van der Waals surface area contributed by atoms with Gasteiger partial charge in [-0.2, -0.15) is 0 Å². The van der Waals surface area contributed by atoms with Gasteiger partial charge in [0.05, 0.1) is 132 Å². The molecule has 0 bridgehead atoms. The van der Waals surface area contributed by atoms with Crippen molar-refractivity contribution >= 4 is 94.2 Å². The molecule has 0 aliphatic heterocycles. The summed E-state index contributed by atoms with van der Waals surface area (Å²) in [7, 11) is -1.65. The normalized spacial score (nSPS) is 12.4. The maximum Gasteiger partial charge on any atom is 0.411 e. The predicted octanol–water partition coefficient (Wildman–Crippen LogP) is 22.2. The number of benzene rings is 4. The standard InChI is InChI=1S/C28H27N5O2.C27H25N5O3.C26H25N5O3S.C26H25N5O2S.H2O/c1-5-26(34)31-22-11-9-20(10-12-22)23-16-33(18(3)24-8-6-7-13-29-24)25-14-21(15-30-28(23)25)27-17(2)32-35-19(27)4;1-16-25(18(3)35-31-16)20-13-24-26(29-14-20)22(15-32(24)17(2)23-7-5-6-12-28-23)19-8-10-21(11-9-19)30-27(33)34-4;1-16-25(18(3)34-29-16)20-13-24-26(28-14-20)22(15-31(24)17(2)23-10-5-6-11-27-23)19-8-7-9-21(12-19)30-35(4,32)33;1-16-25(18(3)33-30-16)20-13-24-26(29-14-20)22(19-8-7-9-21(12-19)34(32)27-4)15-31(24)17(2)23-10-5-6-11-28-23;/h6-16,18H,5H2,1-4H3,(H,31,34);5-15,17H,1-4H3,(H,30,33);5-15,17,30H,1-4H3;5-15,17,27H,1-4H3;1H2/t18-;2*17-;17-,34?;/m0000./s1. The molecule has 5 atom stereocenters. The Hall–Kier alpha value is -16.4. The monoisotopic (exact) mass is 1910 g/mol. The molecule has 33 heteroatoms. The van der Waals surface area contributed by atoms with E-state index < -0.39 is 27.1 Å². The number of rotatable bonds is 23. The van der Waals surface area contributed by atoms with Crippen LogP contribution in [0, 0.1) is 55.4 Å². The quantitative estimate of drug-likeness (QED) is 0.0462. The summed E-state index contributed by atoms with van der Waals surface area (Å²) in [6.45, 7) is 25.7. The Morgan fingerprint density at radius 1 is 0.386 bits per heavy atom. The first-order chi connectivity index (χ1) is 67.1. The van der Waals surface area contributed by atoms with Crippen LogP contribution < -0.4 is 20.1 Å². The first-order valence-corrected chi connectivity index (χ1v) is 48.2. The molecule has 4 aromatic carbocycles. The van der Waals surface area contributed by atoms with E-state index in [-0.39, 0.29) is 35.6 Å². The van der Waals surface area contributed by atoms with E-state index in [9.17, 15) is 22.2 Å². The second kappa shape index (κ2) is 41.7. The zero-order valence-electron chi connectivity index (χ0n) is 80.0. The molecular formula is C107H104N20O11S2. The van der Waals surface area contributed by atoms with Crippen LogP contribution in [0.5, 0.6) is 0 Å². The topological polar surface area (TPSA) is 401 Å². The zero-order chi connectivity index (χ0) is 97.6. The Labute approximate surface area is 810 Å². The third-order valence-electron chi connectivity index (χ3n) is 24.5. The van der Waals surface area contributed by atoms with Crippen LogP contribution in [0.4, 0.5) is 21.9 Å². The number of amides is 2. The lowest BCUT2D eigenvalue weighted by Gasteiger charge is -2.15. The molecule has 2 amide bonds. The van der Waals surface area contributed by atoms with E-state index in [0.717, 1.165) is 214 Å². The Bertz CT molecular complexity index is 7720. The van der Waals surface area contributed by atoms with Gasteiger partial charge in [-0.3, -0.25) is 54.7 Å². The number of methoxy groups -OCH3 is 1. The third-order valence-corrected chi connectivity index (χ3v) is 26.2. The lowest BCUT2D eigenvalue weighted by molar-refractivity contribution is -0.115. The minimum Gasteiger partial charge on any atom is -0.453 e. The first kappa shape index (κ1) is 96.7. The lowest BCUT2D eigenvalue weighted by atomic mass is 10.0. The number of nitrogens with one attached hydrogen (secondary N) is 4. The average Bonchev–Trinajstić information content (AvgIpc) is 1.62. The molecule has 710 valence electrons. The van der Waals surface area contributed by atoms with E-state index >= 15 is 0 Å². The number of fused-ring (bicyclic) bond motifs is 4. The van der Waals surface area contributed by atoms with Gasteiger partial charge in [-0.1, -0.05) is 100 Å². The molecule has 16 heterocycles. The van der Waals surface area contributed by atoms with Crippen LogP contribution in [0.25, 0.3) is 133 Å². The Morgan fingerprint density at radius 3 is 0.986 bits per heavy atom. The van der Waals surface area contributed by atoms with Crippen molar-refractivity contribution in [2.24, 2.45) is 0 Å². The molecule has 0 fully saturated rings. The molecule has 20 rings (SSSR count). The van der Waals surface area contributed by atoms with Gasteiger partial charge in [0, 0.05) is 165 Å². The van der Waals surface area contributed by atoms with Gasteiger partial charge in [0.25, 0.3) is 0 Å². The predicted molar refractivity (Wildman–Crippen MR) is 545 cm³/mol. The fourth-order valence-corrected chi connectivity index (χ4v) is 18.8. The number of aromatic nitrogens is 16. The molecule has 20 aromatic rings. The van der Waals surface area contributed by atoms with Crippen molar-refractivity contribution in [2.75, 3.05) is 35.8 Å². The third kappa shape index (κ3) is 20.4. The minimum atomic E-state index is -3.40. The summed E-state index contributed by atoms with van der Waals surface area (Å²) >= 11 is 0. The molecule has 6 N–H and O–H groups in total. The number of aryl methyl sites for hydroxylation is 8. The number of nitrogens with zero attached hydrogens (tertiary/aromatic N) is 16. The number of hydrogen-bond acceptors (Lipinski definition) is 22. The van der Waals surface area contributed by atoms with E-state index in [1.165, 1.54) is 7.11 Å². The molecule has 0 saturated carbocycles. The van der Waals surface area contributed by atoms with Crippen LogP contribution in [-0.2, 0) is 30.5 Å². The molecule has 16 aromatic heterocycles. The first-order valence-electron chi connectivity index (χ1n) is 45.1. The van der Waals surface area contributed by atoms with Gasteiger partial charge in [-0.15, -0.1) is 0 Å². The maximum atomic E-state index is 12.4. The van der Waals surface area contributed by atoms with Crippen LogP contribution in [0.3, 0.4) is 0 Å². The van der Waals surface area contributed by atoms with E-state index in [1.54, 1.807) is 25.5 Å². The van der Waals surface area contributed by atoms with E-state index in [2.05, 4.69) is 154 Å². The van der Waals surface area contributed by atoms with Gasteiger partial charge >= 0.3 is 6.09 Å². The number of sulfonamides is 1. The van der Waals surface area contributed by atoms with Gasteiger partial charge in [0.1, 0.15) is 34.0 Å². The van der Waals surface area contributed by atoms with E-state index in [0.29, 0.717) is 22.7 Å². The second-order valence-corrected chi connectivity index (χ2v) is 37.0. The molecule has 1 unspecified atom stereocenters. The number of pyridine rings is 8. The molecule has 31 nitrogen and oxygen atoms in total. The number of anilines is 3. The summed E-state index contributed by atoms with van der Waals surface area (Å²) in [6, 6.07) is 62.6. The van der Waals surface area contributed by atoms with Crippen LogP contribution >= 0.6 is 0 Å². The van der Waals surface area contributed by atoms with Crippen LogP contribution in [0.15, 0.2) is 291 Å². The highest BCUT2D eigenvalue weighted by atomic mass is 32.2. The van der Waals surface area contributed by atoms with Crippen LogP contribution in [0.1, 0.15) is 134 Å². The highest BCUT2D eigenvalue weighted by molar-refractivity contribution is 7.92. The Balaban J connectivity index is 0.000000134. The molecule has 0 saturated heterocycles. The van der Waals surface area contributed by atoms with Crippen molar-refractivity contribution in [1.29, 1.82) is 0 Å². The Morgan fingerprint density at radius 2 is 0.700 bits per heavy atom. The number of carbonyl (C=O) groups excluding carboxylic acids is 2. The number of hydrogen-bond donors (Lipinski definition) is 4. The maximum absolute atomic E-state index is 12.4. The van der Waals surface area contributed by atoms with Crippen LogP contribution in [-0.4, -0.2) is 129 Å². The van der Waals surface area contributed by atoms with Gasteiger partial charge < -0.3 is 51.9 Å². The molecule has 0 aliphatic carbocycles. The summed E-state index contributed by atoms with van der Waals surface area (Å²) in [5, 5.41) is 22.0. The Kier molecular flexibility index (Phi) is 28.8. The SMILES string of the molecule is CCC(=O)Nc1ccc(-c2cn([C@@H](C)c3ccccn3)c3cc(-c4c(C)noc4C)cnc23)cc1.CNS(=O)c1cccc(-c2cn([C@@H](C)c3ccccn3)c3cc(-c4c(C)noc4C)cnc23)c1.COC(=O)Nc1ccc(-c2cn([C@@H](C)c3ccccn3)c3cc(-c4c(C)noc4C)cnc23)cc1.Cc1noc(C)c1-c1cnc2c(-c3cccc(NS(C)(=O)=O)c3)cn([C@@H](C)c3ccccn3)c2c1.O.